The Labute approximate surface area is 101 Å². The summed E-state index contributed by atoms with van der Waals surface area (Å²) in [6, 6.07) is 2.03. The Morgan fingerprint density at radius 3 is 2.88 bits per heavy atom. The van der Waals surface area contributed by atoms with Gasteiger partial charge in [0.05, 0.1) is 5.02 Å². The van der Waals surface area contributed by atoms with Gasteiger partial charge >= 0.3 is 0 Å². The Balaban J connectivity index is 2.26. The third kappa shape index (κ3) is 2.23. The molecular weight excluding hydrogens is 225 g/mol. The number of benzene rings is 1. The molecule has 1 aliphatic heterocycles. The second kappa shape index (κ2) is 4.72. The van der Waals surface area contributed by atoms with Gasteiger partial charge in [-0.15, -0.1) is 0 Å². The van der Waals surface area contributed by atoms with Gasteiger partial charge in [0.15, 0.2) is 0 Å². The number of halogens is 2. The highest BCUT2D eigenvalue weighted by molar-refractivity contribution is 6.31. The van der Waals surface area contributed by atoms with Crippen LogP contribution in [0.3, 0.4) is 0 Å². The largest absolute Gasteiger partial charge is 0.316 e. The molecule has 3 heteroatoms. The van der Waals surface area contributed by atoms with E-state index in [0.717, 1.165) is 30.6 Å². The van der Waals surface area contributed by atoms with E-state index in [2.05, 4.69) is 5.32 Å². The van der Waals surface area contributed by atoms with Gasteiger partial charge in [-0.1, -0.05) is 17.7 Å². The summed E-state index contributed by atoms with van der Waals surface area (Å²) < 4.78 is 13.8. The average Bonchev–Trinajstić information content (AvgIpc) is 2.76. The standard InChI is InChI=1S/C13H17ClFN/c1-8-5-11(6-10-3-4-16-7-10)9(2)13(15)12(8)14/h5,10,16H,3-4,6-7H2,1-2H3. The summed E-state index contributed by atoms with van der Waals surface area (Å²) in [7, 11) is 0. The minimum absolute atomic E-state index is 0.248. The van der Waals surface area contributed by atoms with Gasteiger partial charge in [0, 0.05) is 0 Å². The van der Waals surface area contributed by atoms with Crippen LogP contribution in [0.15, 0.2) is 6.07 Å². The Kier molecular flexibility index (Phi) is 3.50. The lowest BCUT2D eigenvalue weighted by Crippen LogP contribution is -2.11. The van der Waals surface area contributed by atoms with E-state index in [4.69, 9.17) is 11.6 Å². The first-order valence-electron chi connectivity index (χ1n) is 5.74. The first-order chi connectivity index (χ1) is 7.59. The van der Waals surface area contributed by atoms with E-state index >= 15 is 0 Å². The molecule has 1 heterocycles. The predicted octanol–water partition coefficient (Wildman–Crippen LogP) is 3.25. The van der Waals surface area contributed by atoms with Crippen molar-refractivity contribution in [2.24, 2.45) is 5.92 Å². The molecule has 0 radical (unpaired) electrons. The minimum Gasteiger partial charge on any atom is -0.316 e. The maximum Gasteiger partial charge on any atom is 0.145 e. The molecule has 0 aliphatic carbocycles. The van der Waals surface area contributed by atoms with Crippen molar-refractivity contribution in [2.45, 2.75) is 26.7 Å². The van der Waals surface area contributed by atoms with Crippen LogP contribution in [0.2, 0.25) is 5.02 Å². The zero-order chi connectivity index (χ0) is 11.7. The number of hydrogen-bond acceptors (Lipinski definition) is 1. The molecule has 0 amide bonds. The summed E-state index contributed by atoms with van der Waals surface area (Å²) in [5.74, 6) is 0.390. The van der Waals surface area contributed by atoms with Crippen molar-refractivity contribution in [3.8, 4) is 0 Å². The molecule has 1 N–H and O–H groups in total. The normalized spacial score (nSPS) is 20.4. The van der Waals surface area contributed by atoms with Crippen LogP contribution < -0.4 is 5.32 Å². The van der Waals surface area contributed by atoms with Crippen molar-refractivity contribution in [1.82, 2.24) is 5.32 Å². The van der Waals surface area contributed by atoms with Crippen LogP contribution >= 0.6 is 11.6 Å². The van der Waals surface area contributed by atoms with Crippen LogP contribution in [0.25, 0.3) is 0 Å². The van der Waals surface area contributed by atoms with Crippen LogP contribution in [-0.4, -0.2) is 13.1 Å². The molecule has 1 fully saturated rings. The van der Waals surface area contributed by atoms with Crippen LogP contribution in [-0.2, 0) is 6.42 Å². The Bertz CT molecular complexity index is 397. The van der Waals surface area contributed by atoms with Crippen molar-refractivity contribution in [3.63, 3.8) is 0 Å². The fourth-order valence-electron chi connectivity index (χ4n) is 2.32. The van der Waals surface area contributed by atoms with E-state index in [1.54, 1.807) is 0 Å². The topological polar surface area (TPSA) is 12.0 Å². The molecule has 88 valence electrons. The molecule has 0 bridgehead atoms. The number of nitrogens with one attached hydrogen (secondary N) is 1. The molecule has 1 aromatic rings. The van der Waals surface area contributed by atoms with E-state index in [-0.39, 0.29) is 10.8 Å². The highest BCUT2D eigenvalue weighted by Gasteiger charge is 2.18. The average molecular weight is 242 g/mol. The summed E-state index contributed by atoms with van der Waals surface area (Å²) in [5, 5.41) is 3.60. The maximum atomic E-state index is 13.8. The second-order valence-corrected chi connectivity index (χ2v) is 5.05. The molecule has 0 aromatic heterocycles. The molecule has 16 heavy (non-hydrogen) atoms. The number of rotatable bonds is 2. The third-order valence-electron chi connectivity index (χ3n) is 3.41. The number of aryl methyl sites for hydroxylation is 1. The van der Waals surface area contributed by atoms with Crippen LogP contribution in [0.5, 0.6) is 0 Å². The molecule has 0 saturated carbocycles. The predicted molar refractivity (Wildman–Crippen MR) is 65.6 cm³/mol. The van der Waals surface area contributed by atoms with Gasteiger partial charge < -0.3 is 5.32 Å². The Morgan fingerprint density at radius 2 is 2.25 bits per heavy atom. The summed E-state index contributed by atoms with van der Waals surface area (Å²) in [4.78, 5) is 0. The first-order valence-corrected chi connectivity index (χ1v) is 6.12. The maximum absolute atomic E-state index is 13.8. The molecule has 0 spiro atoms. The van der Waals surface area contributed by atoms with Crippen molar-refractivity contribution in [2.75, 3.05) is 13.1 Å². The highest BCUT2D eigenvalue weighted by atomic mass is 35.5. The fourth-order valence-corrected chi connectivity index (χ4v) is 2.52. The summed E-state index contributed by atoms with van der Waals surface area (Å²) in [6.07, 6.45) is 2.14. The van der Waals surface area contributed by atoms with Crippen molar-refractivity contribution >= 4 is 11.6 Å². The van der Waals surface area contributed by atoms with E-state index in [1.165, 1.54) is 6.42 Å². The molecule has 1 atom stereocenters. The molecule has 1 aromatic carbocycles. The monoisotopic (exact) mass is 241 g/mol. The van der Waals surface area contributed by atoms with Crippen LogP contribution in [0.1, 0.15) is 23.1 Å². The van der Waals surface area contributed by atoms with Crippen LogP contribution in [0.4, 0.5) is 4.39 Å². The zero-order valence-electron chi connectivity index (χ0n) is 9.74. The van der Waals surface area contributed by atoms with E-state index < -0.39 is 0 Å². The quantitative estimate of drug-likeness (QED) is 0.838. The van der Waals surface area contributed by atoms with Crippen molar-refractivity contribution in [1.29, 1.82) is 0 Å². The fraction of sp³-hybridized carbons (Fsp3) is 0.538. The summed E-state index contributed by atoms with van der Waals surface area (Å²) in [5.41, 5.74) is 2.65. The lowest BCUT2D eigenvalue weighted by molar-refractivity contribution is 0.568. The molecule has 1 unspecified atom stereocenters. The zero-order valence-corrected chi connectivity index (χ0v) is 10.5. The Morgan fingerprint density at radius 1 is 1.50 bits per heavy atom. The minimum atomic E-state index is -0.248. The number of hydrogen-bond donors (Lipinski definition) is 1. The molecule has 1 saturated heterocycles. The van der Waals surface area contributed by atoms with Gasteiger partial charge in [0.25, 0.3) is 0 Å². The molecule has 1 aliphatic rings. The first kappa shape index (κ1) is 11.9. The van der Waals surface area contributed by atoms with Crippen molar-refractivity contribution < 1.29 is 4.39 Å². The van der Waals surface area contributed by atoms with Crippen LogP contribution in [0, 0.1) is 25.6 Å². The van der Waals surface area contributed by atoms with Crippen molar-refractivity contribution in [3.05, 3.63) is 33.6 Å². The molecule has 1 nitrogen and oxygen atoms in total. The van der Waals surface area contributed by atoms with Gasteiger partial charge in [-0.05, 0) is 62.4 Å². The highest BCUT2D eigenvalue weighted by Crippen LogP contribution is 2.27. The summed E-state index contributed by atoms with van der Waals surface area (Å²) in [6.45, 7) is 5.81. The second-order valence-electron chi connectivity index (χ2n) is 4.67. The van der Waals surface area contributed by atoms with Gasteiger partial charge in [0.1, 0.15) is 5.82 Å². The summed E-state index contributed by atoms with van der Waals surface area (Å²) >= 11 is 5.88. The third-order valence-corrected chi connectivity index (χ3v) is 3.88. The van der Waals surface area contributed by atoms with E-state index in [9.17, 15) is 4.39 Å². The molecular formula is C13H17ClFN. The van der Waals surface area contributed by atoms with Gasteiger partial charge in [-0.25, -0.2) is 4.39 Å². The molecule has 2 rings (SSSR count). The van der Waals surface area contributed by atoms with Gasteiger partial charge in [0.2, 0.25) is 0 Å². The van der Waals surface area contributed by atoms with Gasteiger partial charge in [-0.3, -0.25) is 0 Å². The lowest BCUT2D eigenvalue weighted by Gasteiger charge is -2.14. The SMILES string of the molecule is Cc1cc(CC2CCNC2)c(C)c(F)c1Cl. The van der Waals surface area contributed by atoms with E-state index in [0.29, 0.717) is 11.5 Å². The van der Waals surface area contributed by atoms with Gasteiger partial charge in [-0.2, -0.15) is 0 Å². The van der Waals surface area contributed by atoms with E-state index in [1.807, 2.05) is 19.9 Å². The Hall–Kier alpha value is -0.600. The lowest BCUT2D eigenvalue weighted by atomic mass is 9.94. The smallest absolute Gasteiger partial charge is 0.145 e.